The Morgan fingerprint density at radius 3 is 2.45 bits per heavy atom. The van der Waals surface area contributed by atoms with Gasteiger partial charge in [0.25, 0.3) is 5.91 Å². The molecule has 3 aromatic carbocycles. The number of phenols is 1. The zero-order chi connectivity index (χ0) is 27.3. The van der Waals surface area contributed by atoms with Crippen LogP contribution >= 0.6 is 11.8 Å². The maximum atomic E-state index is 12.5. The van der Waals surface area contributed by atoms with Crippen molar-refractivity contribution in [3.63, 3.8) is 0 Å². The first-order valence-electron chi connectivity index (χ1n) is 12.1. The number of hydrogen-bond donors (Lipinski definition) is 2. The molecule has 9 heteroatoms. The number of phenolic OH excluding ortho intramolecular Hbond substituents is 1. The number of amides is 1. The van der Waals surface area contributed by atoms with Crippen molar-refractivity contribution >= 4 is 23.9 Å². The molecule has 38 heavy (non-hydrogen) atoms. The number of methoxy groups -OCH3 is 1. The summed E-state index contributed by atoms with van der Waals surface area (Å²) in [6, 6.07) is 21.5. The van der Waals surface area contributed by atoms with Gasteiger partial charge in [-0.2, -0.15) is 5.10 Å². The normalized spacial score (nSPS) is 11.6. The third-order valence-corrected chi connectivity index (χ3v) is 6.84. The van der Waals surface area contributed by atoms with Gasteiger partial charge in [0.15, 0.2) is 22.5 Å². The number of ether oxygens (including phenoxy) is 1. The Bertz CT molecular complexity index is 1440. The first kappa shape index (κ1) is 26.9. The molecule has 1 amide bonds. The lowest BCUT2D eigenvalue weighted by molar-refractivity contribution is -0.118. The van der Waals surface area contributed by atoms with E-state index in [2.05, 4.69) is 65.8 Å². The van der Waals surface area contributed by atoms with E-state index in [0.29, 0.717) is 22.3 Å². The van der Waals surface area contributed by atoms with Gasteiger partial charge in [0.05, 0.1) is 19.1 Å². The lowest BCUT2D eigenvalue weighted by atomic mass is 9.87. The van der Waals surface area contributed by atoms with Crippen molar-refractivity contribution in [1.29, 1.82) is 0 Å². The number of aryl methyl sites for hydroxylation is 1. The molecule has 0 atom stereocenters. The van der Waals surface area contributed by atoms with E-state index in [0.717, 1.165) is 16.8 Å². The molecular formula is C29H31N5O3S. The van der Waals surface area contributed by atoms with Crippen LogP contribution in [0.3, 0.4) is 0 Å². The SMILES string of the molecule is COc1cccc(C=NNC(=O)CSc2nnc(-c3ccc(C(C)(C)C)cc3)n2-c2ccc(C)cc2)c1O. The number of nitrogens with zero attached hydrogens (tertiary/aromatic N) is 4. The molecule has 0 spiro atoms. The number of rotatable bonds is 8. The van der Waals surface area contributed by atoms with E-state index < -0.39 is 0 Å². The predicted octanol–water partition coefficient (Wildman–Crippen LogP) is 5.50. The van der Waals surface area contributed by atoms with Gasteiger partial charge in [-0.15, -0.1) is 10.2 Å². The lowest BCUT2D eigenvalue weighted by Gasteiger charge is -2.19. The molecule has 0 fully saturated rings. The Kier molecular flexibility index (Phi) is 8.16. The van der Waals surface area contributed by atoms with Crippen LogP contribution in [0.2, 0.25) is 0 Å². The Morgan fingerprint density at radius 2 is 1.79 bits per heavy atom. The summed E-state index contributed by atoms with van der Waals surface area (Å²) < 4.78 is 7.05. The monoisotopic (exact) mass is 529 g/mol. The van der Waals surface area contributed by atoms with Gasteiger partial charge < -0.3 is 9.84 Å². The predicted molar refractivity (Wildman–Crippen MR) is 151 cm³/mol. The number of carbonyl (C=O) groups is 1. The molecule has 8 nitrogen and oxygen atoms in total. The molecule has 0 aliphatic carbocycles. The summed E-state index contributed by atoms with van der Waals surface area (Å²) in [5.74, 6) is 0.743. The van der Waals surface area contributed by atoms with E-state index in [9.17, 15) is 9.90 Å². The number of para-hydroxylation sites is 1. The number of carbonyl (C=O) groups excluding carboxylic acids is 1. The van der Waals surface area contributed by atoms with Crippen LogP contribution in [0.1, 0.15) is 37.5 Å². The molecule has 1 heterocycles. The first-order valence-corrected chi connectivity index (χ1v) is 13.1. The van der Waals surface area contributed by atoms with E-state index in [-0.39, 0.29) is 22.8 Å². The van der Waals surface area contributed by atoms with Gasteiger partial charge in [-0.3, -0.25) is 9.36 Å². The van der Waals surface area contributed by atoms with Crippen LogP contribution in [0, 0.1) is 6.92 Å². The lowest BCUT2D eigenvalue weighted by Crippen LogP contribution is -2.20. The third kappa shape index (κ3) is 6.23. The summed E-state index contributed by atoms with van der Waals surface area (Å²) in [5.41, 5.74) is 7.19. The topological polar surface area (TPSA) is 102 Å². The zero-order valence-corrected chi connectivity index (χ0v) is 22.9. The third-order valence-electron chi connectivity index (χ3n) is 5.91. The Hall–Kier alpha value is -4.11. The van der Waals surface area contributed by atoms with Gasteiger partial charge in [0.1, 0.15) is 0 Å². The van der Waals surface area contributed by atoms with Crippen molar-refractivity contribution in [3.8, 4) is 28.6 Å². The largest absolute Gasteiger partial charge is 0.504 e. The average Bonchev–Trinajstić information content (AvgIpc) is 3.32. The Morgan fingerprint density at radius 1 is 1.08 bits per heavy atom. The molecule has 0 unspecified atom stereocenters. The number of hydrazone groups is 1. The molecule has 0 aliphatic rings. The molecule has 0 saturated heterocycles. The summed E-state index contributed by atoms with van der Waals surface area (Å²) >= 11 is 1.27. The van der Waals surface area contributed by atoms with Gasteiger partial charge in [-0.25, -0.2) is 5.43 Å². The quantitative estimate of drug-likeness (QED) is 0.178. The fraction of sp³-hybridized carbons (Fsp3) is 0.241. The number of benzene rings is 3. The van der Waals surface area contributed by atoms with E-state index in [1.807, 2.05) is 35.8 Å². The number of aromatic hydroxyl groups is 1. The highest BCUT2D eigenvalue weighted by molar-refractivity contribution is 7.99. The van der Waals surface area contributed by atoms with Crippen molar-refractivity contribution in [2.24, 2.45) is 5.10 Å². The minimum atomic E-state index is -0.317. The maximum Gasteiger partial charge on any atom is 0.250 e. The Balaban J connectivity index is 1.53. The number of thioether (sulfide) groups is 1. The van der Waals surface area contributed by atoms with E-state index in [1.165, 1.54) is 30.6 Å². The molecule has 196 valence electrons. The van der Waals surface area contributed by atoms with Crippen molar-refractivity contribution in [3.05, 3.63) is 83.4 Å². The molecule has 0 saturated carbocycles. The average molecular weight is 530 g/mol. The molecular weight excluding hydrogens is 498 g/mol. The highest BCUT2D eigenvalue weighted by Crippen LogP contribution is 2.31. The standard InChI is InChI=1S/C29H31N5O3S/c1-19-9-15-23(16-10-19)34-27(20-11-13-22(14-12-20)29(2,3)4)32-33-28(34)38-18-25(35)31-30-17-21-7-6-8-24(37-5)26(21)36/h6-17,36H,18H2,1-5H3,(H,31,35). The van der Waals surface area contributed by atoms with E-state index in [1.54, 1.807) is 18.2 Å². The molecule has 0 radical (unpaired) electrons. The van der Waals surface area contributed by atoms with Crippen molar-refractivity contribution in [2.75, 3.05) is 12.9 Å². The second-order valence-electron chi connectivity index (χ2n) is 9.78. The van der Waals surface area contributed by atoms with Crippen molar-refractivity contribution in [1.82, 2.24) is 20.2 Å². The van der Waals surface area contributed by atoms with E-state index >= 15 is 0 Å². The van der Waals surface area contributed by atoms with Crippen LogP contribution in [0.25, 0.3) is 17.1 Å². The Labute approximate surface area is 226 Å². The summed E-state index contributed by atoms with van der Waals surface area (Å²) in [5, 5.41) is 23.6. The zero-order valence-electron chi connectivity index (χ0n) is 22.1. The van der Waals surface area contributed by atoms with Crippen molar-refractivity contribution < 1.29 is 14.6 Å². The van der Waals surface area contributed by atoms with Crippen LogP contribution in [0.4, 0.5) is 0 Å². The van der Waals surface area contributed by atoms with Gasteiger partial charge in [-0.05, 0) is 42.2 Å². The van der Waals surface area contributed by atoms with Gasteiger partial charge in [0.2, 0.25) is 0 Å². The van der Waals surface area contributed by atoms with Crippen LogP contribution in [0.15, 0.2) is 77.0 Å². The van der Waals surface area contributed by atoms with Gasteiger partial charge in [-0.1, -0.05) is 80.6 Å². The molecule has 0 aliphatic heterocycles. The van der Waals surface area contributed by atoms with Crippen LogP contribution in [0.5, 0.6) is 11.5 Å². The molecule has 1 aromatic heterocycles. The van der Waals surface area contributed by atoms with Crippen LogP contribution < -0.4 is 10.2 Å². The van der Waals surface area contributed by atoms with Gasteiger partial charge >= 0.3 is 0 Å². The van der Waals surface area contributed by atoms with Gasteiger partial charge in [0, 0.05) is 16.8 Å². The minimum Gasteiger partial charge on any atom is -0.504 e. The second kappa shape index (κ2) is 11.5. The highest BCUT2D eigenvalue weighted by atomic mass is 32.2. The van der Waals surface area contributed by atoms with E-state index in [4.69, 9.17) is 4.74 Å². The second-order valence-corrected chi connectivity index (χ2v) is 10.7. The first-order chi connectivity index (χ1) is 18.2. The number of hydrogen-bond acceptors (Lipinski definition) is 7. The van der Waals surface area contributed by atoms with Crippen LogP contribution in [-0.4, -0.2) is 44.9 Å². The molecule has 4 rings (SSSR count). The fourth-order valence-corrected chi connectivity index (χ4v) is 4.48. The maximum absolute atomic E-state index is 12.5. The fourth-order valence-electron chi connectivity index (χ4n) is 3.74. The smallest absolute Gasteiger partial charge is 0.250 e. The summed E-state index contributed by atoms with van der Waals surface area (Å²) in [4.78, 5) is 12.5. The van der Waals surface area contributed by atoms with Crippen LogP contribution in [-0.2, 0) is 10.2 Å². The number of nitrogens with one attached hydrogen (secondary N) is 1. The highest BCUT2D eigenvalue weighted by Gasteiger charge is 2.19. The van der Waals surface area contributed by atoms with Crippen molar-refractivity contribution in [2.45, 2.75) is 38.3 Å². The number of aromatic nitrogens is 3. The molecule has 0 bridgehead atoms. The summed E-state index contributed by atoms with van der Waals surface area (Å²) in [6.45, 7) is 8.58. The minimum absolute atomic E-state index is 0.0448. The summed E-state index contributed by atoms with van der Waals surface area (Å²) in [6.07, 6.45) is 1.37. The molecule has 4 aromatic rings. The summed E-state index contributed by atoms with van der Waals surface area (Å²) in [7, 11) is 1.47. The molecule has 2 N–H and O–H groups in total.